The van der Waals surface area contributed by atoms with Gasteiger partial charge in [0, 0.05) is 23.3 Å². The smallest absolute Gasteiger partial charge is 0.124 e. The largest absolute Gasteiger partial charge is 0.508 e. The van der Waals surface area contributed by atoms with Gasteiger partial charge in [-0.25, -0.2) is 0 Å². The second-order valence-electron chi connectivity index (χ2n) is 9.92. The first-order valence-corrected chi connectivity index (χ1v) is 13.5. The van der Waals surface area contributed by atoms with Crippen molar-refractivity contribution in [3.05, 3.63) is 168 Å². The number of phenols is 6. The summed E-state index contributed by atoms with van der Waals surface area (Å²) in [7, 11) is 0. The summed E-state index contributed by atoms with van der Waals surface area (Å²) < 4.78 is 0. The van der Waals surface area contributed by atoms with Crippen LogP contribution >= 0.6 is 0 Å². The maximum Gasteiger partial charge on any atom is 0.124 e. The van der Waals surface area contributed by atoms with Crippen LogP contribution in [0, 0.1) is 0 Å². The highest BCUT2D eigenvalue weighted by Crippen LogP contribution is 2.59. The fourth-order valence-electron chi connectivity index (χ4n) is 5.49. The lowest BCUT2D eigenvalue weighted by Gasteiger charge is -2.34. The van der Waals surface area contributed by atoms with Crippen LogP contribution in [-0.4, -0.2) is 30.6 Å². The van der Waals surface area contributed by atoms with Gasteiger partial charge >= 0.3 is 0 Å². The molecule has 0 saturated carbocycles. The molecule has 6 heteroatoms. The van der Waals surface area contributed by atoms with Gasteiger partial charge in [0.25, 0.3) is 0 Å². The van der Waals surface area contributed by atoms with Crippen LogP contribution in [0.15, 0.2) is 146 Å². The highest BCUT2D eigenvalue weighted by atomic mass is 16.3. The molecule has 1 aliphatic rings. The predicted octanol–water partition coefficient (Wildman–Crippen LogP) is 7.66. The molecule has 0 aromatic heterocycles. The molecule has 0 saturated heterocycles. The van der Waals surface area contributed by atoms with Gasteiger partial charge in [0.15, 0.2) is 0 Å². The van der Waals surface area contributed by atoms with Gasteiger partial charge in [0.1, 0.15) is 34.5 Å². The van der Waals surface area contributed by atoms with E-state index in [1.165, 1.54) is 24.3 Å². The number of fused-ring (bicyclic) bond motifs is 3. The van der Waals surface area contributed by atoms with Gasteiger partial charge in [-0.3, -0.25) is 0 Å². The molecular weight excluding hydrogens is 540 g/mol. The third-order valence-corrected chi connectivity index (χ3v) is 7.24. The summed E-state index contributed by atoms with van der Waals surface area (Å²) in [5, 5.41) is 58.8. The number of phenolic OH excluding ortho intramolecular Hbond substituents is 6. The second kappa shape index (κ2) is 12.3. The van der Waals surface area contributed by atoms with E-state index in [2.05, 4.69) is 0 Å². The van der Waals surface area contributed by atoms with Crippen molar-refractivity contribution in [2.24, 2.45) is 0 Å². The van der Waals surface area contributed by atoms with E-state index in [0.717, 1.165) is 22.3 Å². The average molecular weight is 571 g/mol. The molecular formula is C37H30O6. The number of hydrogen-bond donors (Lipinski definition) is 6. The number of benzene rings is 6. The molecule has 0 fully saturated rings. The van der Waals surface area contributed by atoms with Crippen LogP contribution in [-0.2, 0) is 5.41 Å². The quantitative estimate of drug-likeness (QED) is 0.127. The zero-order valence-electron chi connectivity index (χ0n) is 23.0. The predicted molar refractivity (Wildman–Crippen MR) is 167 cm³/mol. The lowest BCUT2D eigenvalue weighted by Crippen LogP contribution is -2.28. The minimum Gasteiger partial charge on any atom is -0.508 e. The molecule has 0 aliphatic heterocycles. The van der Waals surface area contributed by atoms with Gasteiger partial charge in [-0.15, -0.1) is 0 Å². The Morgan fingerprint density at radius 1 is 0.302 bits per heavy atom. The molecule has 43 heavy (non-hydrogen) atoms. The van der Waals surface area contributed by atoms with E-state index < -0.39 is 5.41 Å². The normalized spacial score (nSPS) is 12.0. The number of hydrogen-bond acceptors (Lipinski definition) is 6. The van der Waals surface area contributed by atoms with Crippen LogP contribution in [0.5, 0.6) is 34.5 Å². The van der Waals surface area contributed by atoms with Gasteiger partial charge in [-0.1, -0.05) is 97.1 Å². The van der Waals surface area contributed by atoms with Crippen molar-refractivity contribution >= 4 is 0 Å². The zero-order valence-corrected chi connectivity index (χ0v) is 23.0. The monoisotopic (exact) mass is 570 g/mol. The molecule has 0 radical (unpaired) electrons. The summed E-state index contributed by atoms with van der Waals surface area (Å²) in [6, 6.07) is 42.2. The first-order valence-electron chi connectivity index (χ1n) is 13.5. The Labute approximate surface area is 249 Å². The highest BCUT2D eigenvalue weighted by Gasteiger charge is 2.48. The summed E-state index contributed by atoms with van der Waals surface area (Å²) in [5.74, 6) is 0.393. The molecule has 0 spiro atoms. The molecule has 6 aromatic rings. The second-order valence-corrected chi connectivity index (χ2v) is 9.92. The minimum absolute atomic E-state index is 0.0455. The fraction of sp³-hybridized carbons (Fsp3) is 0.0270. The SMILES string of the molecule is Oc1ccc(C2(c3ccc(O)cc3O)c3ccccc3-c3ccccc32)c(O)c1.Oc1ccccc1.Oc1ccccc1. The molecule has 214 valence electrons. The van der Waals surface area contributed by atoms with Gasteiger partial charge < -0.3 is 30.6 Å². The standard InChI is InChI=1S/C25H18O4.2C6H6O/c26-15-9-11-21(23(28)13-15)25(22-12-10-16(27)14-24(22)29)19-7-3-1-5-17(19)18-6-2-4-8-20(18)25;2*7-6-4-2-1-3-5-6/h1-14,26-29H;2*1-5,7H. The Morgan fingerprint density at radius 3 is 0.977 bits per heavy atom. The topological polar surface area (TPSA) is 121 Å². The van der Waals surface area contributed by atoms with Crippen molar-refractivity contribution in [2.45, 2.75) is 5.41 Å². The van der Waals surface area contributed by atoms with E-state index in [9.17, 15) is 20.4 Å². The lowest BCUT2D eigenvalue weighted by molar-refractivity contribution is 0.432. The number of rotatable bonds is 2. The van der Waals surface area contributed by atoms with Crippen LogP contribution in [0.1, 0.15) is 22.3 Å². The van der Waals surface area contributed by atoms with Crippen molar-refractivity contribution in [1.82, 2.24) is 0 Å². The molecule has 1 aliphatic carbocycles. The summed E-state index contributed by atoms with van der Waals surface area (Å²) in [6.07, 6.45) is 0. The molecule has 0 amide bonds. The number of para-hydroxylation sites is 2. The van der Waals surface area contributed by atoms with Crippen molar-refractivity contribution in [3.63, 3.8) is 0 Å². The Balaban J connectivity index is 0.000000215. The summed E-state index contributed by atoms with van der Waals surface area (Å²) in [6.45, 7) is 0. The van der Waals surface area contributed by atoms with Crippen LogP contribution in [0.3, 0.4) is 0 Å². The molecule has 6 nitrogen and oxygen atoms in total. The van der Waals surface area contributed by atoms with Crippen molar-refractivity contribution in [1.29, 1.82) is 0 Å². The van der Waals surface area contributed by atoms with E-state index in [0.29, 0.717) is 22.6 Å². The van der Waals surface area contributed by atoms with Gasteiger partial charge in [0.05, 0.1) is 5.41 Å². The van der Waals surface area contributed by atoms with E-state index in [-0.39, 0.29) is 23.0 Å². The van der Waals surface area contributed by atoms with Crippen molar-refractivity contribution in [2.75, 3.05) is 0 Å². The van der Waals surface area contributed by atoms with Gasteiger partial charge in [0.2, 0.25) is 0 Å². The maximum atomic E-state index is 10.9. The molecule has 0 atom stereocenters. The Bertz CT molecular complexity index is 1700. The molecule has 6 N–H and O–H groups in total. The van der Waals surface area contributed by atoms with Crippen molar-refractivity contribution < 1.29 is 30.6 Å². The fourth-order valence-corrected chi connectivity index (χ4v) is 5.49. The summed E-state index contributed by atoms with van der Waals surface area (Å²) in [5.41, 5.74) is 3.88. The van der Waals surface area contributed by atoms with E-state index in [1.807, 2.05) is 60.7 Å². The van der Waals surface area contributed by atoms with Crippen LogP contribution in [0.25, 0.3) is 11.1 Å². The highest BCUT2D eigenvalue weighted by molar-refractivity contribution is 5.87. The van der Waals surface area contributed by atoms with Crippen LogP contribution in [0.4, 0.5) is 0 Å². The first-order chi connectivity index (χ1) is 20.8. The van der Waals surface area contributed by atoms with Crippen LogP contribution < -0.4 is 0 Å². The molecule has 6 aromatic carbocycles. The summed E-state index contributed by atoms with van der Waals surface area (Å²) >= 11 is 0. The molecule has 0 heterocycles. The van der Waals surface area contributed by atoms with Crippen molar-refractivity contribution in [3.8, 4) is 45.6 Å². The Morgan fingerprint density at radius 2 is 0.651 bits per heavy atom. The zero-order chi connectivity index (χ0) is 30.4. The first kappa shape index (κ1) is 28.6. The Hall–Kier alpha value is -5.88. The maximum absolute atomic E-state index is 10.9. The van der Waals surface area contributed by atoms with E-state index in [1.54, 1.807) is 60.7 Å². The minimum atomic E-state index is -1.01. The van der Waals surface area contributed by atoms with E-state index >= 15 is 0 Å². The third kappa shape index (κ3) is 5.67. The number of aromatic hydroxyl groups is 6. The molecule has 7 rings (SSSR count). The van der Waals surface area contributed by atoms with E-state index in [4.69, 9.17) is 10.2 Å². The third-order valence-electron chi connectivity index (χ3n) is 7.24. The molecule has 0 unspecified atom stereocenters. The van der Waals surface area contributed by atoms with Gasteiger partial charge in [-0.05, 0) is 58.7 Å². The average Bonchev–Trinajstić information content (AvgIpc) is 3.30. The summed E-state index contributed by atoms with van der Waals surface area (Å²) in [4.78, 5) is 0. The Kier molecular flexibility index (Phi) is 8.21. The molecule has 0 bridgehead atoms. The lowest BCUT2D eigenvalue weighted by atomic mass is 9.67. The van der Waals surface area contributed by atoms with Gasteiger partial charge in [-0.2, -0.15) is 0 Å². The van der Waals surface area contributed by atoms with Crippen LogP contribution in [0.2, 0.25) is 0 Å².